The average Bonchev–Trinajstić information content (AvgIpc) is 2.15. The van der Waals surface area contributed by atoms with Crippen LogP contribution in [0.1, 0.15) is 29.7 Å². The summed E-state index contributed by atoms with van der Waals surface area (Å²) in [6, 6.07) is 4.37. The Morgan fingerprint density at radius 3 is 2.64 bits per heavy atom. The fraction of sp³-hybridized carbons (Fsp3) is 0.500. The molecule has 0 spiro atoms. The topological polar surface area (TPSA) is 35.2 Å². The third-order valence-electron chi connectivity index (χ3n) is 3.10. The van der Waals surface area contributed by atoms with Gasteiger partial charge < -0.3 is 10.5 Å². The minimum Gasteiger partial charge on any atom is -0.493 e. The molecule has 0 bridgehead atoms. The van der Waals surface area contributed by atoms with Crippen molar-refractivity contribution in [2.75, 3.05) is 6.61 Å². The number of rotatable bonds is 0. The molecule has 1 heterocycles. The highest BCUT2D eigenvalue weighted by Gasteiger charge is 2.24. The van der Waals surface area contributed by atoms with Crippen LogP contribution in [-0.4, -0.2) is 6.61 Å². The van der Waals surface area contributed by atoms with E-state index in [0.29, 0.717) is 5.92 Å². The SMILES string of the molecule is Cc1cc2c(cc1C)C(N)C(C)CO2. The van der Waals surface area contributed by atoms with Gasteiger partial charge in [0.05, 0.1) is 6.61 Å². The Bertz CT molecular complexity index is 360. The zero-order valence-corrected chi connectivity index (χ0v) is 9.00. The number of nitrogens with two attached hydrogens (primary N) is 1. The molecule has 2 atom stereocenters. The van der Waals surface area contributed by atoms with Crippen molar-refractivity contribution in [2.24, 2.45) is 11.7 Å². The third-order valence-corrected chi connectivity index (χ3v) is 3.10. The van der Waals surface area contributed by atoms with Gasteiger partial charge in [-0.25, -0.2) is 0 Å². The molecule has 1 aliphatic rings. The van der Waals surface area contributed by atoms with Crippen molar-refractivity contribution in [3.63, 3.8) is 0 Å². The number of hydrogen-bond acceptors (Lipinski definition) is 2. The molecule has 14 heavy (non-hydrogen) atoms. The van der Waals surface area contributed by atoms with Gasteiger partial charge in [-0.3, -0.25) is 0 Å². The van der Waals surface area contributed by atoms with Crippen molar-refractivity contribution in [3.8, 4) is 5.75 Å². The lowest BCUT2D eigenvalue weighted by Gasteiger charge is -2.29. The van der Waals surface area contributed by atoms with Gasteiger partial charge in [0.25, 0.3) is 0 Å². The van der Waals surface area contributed by atoms with Crippen LogP contribution in [0.25, 0.3) is 0 Å². The molecular weight excluding hydrogens is 174 g/mol. The van der Waals surface area contributed by atoms with E-state index in [1.165, 1.54) is 11.1 Å². The number of aryl methyl sites for hydroxylation is 2. The summed E-state index contributed by atoms with van der Waals surface area (Å²) >= 11 is 0. The second kappa shape index (κ2) is 3.28. The van der Waals surface area contributed by atoms with Crippen LogP contribution >= 0.6 is 0 Å². The highest BCUT2D eigenvalue weighted by atomic mass is 16.5. The lowest BCUT2D eigenvalue weighted by Crippen LogP contribution is -2.29. The summed E-state index contributed by atoms with van der Waals surface area (Å²) in [4.78, 5) is 0. The molecular formula is C12H17NO. The van der Waals surface area contributed by atoms with Crippen LogP contribution in [0.4, 0.5) is 0 Å². The van der Waals surface area contributed by atoms with Crippen LogP contribution < -0.4 is 10.5 Å². The van der Waals surface area contributed by atoms with Crippen LogP contribution in [0.5, 0.6) is 5.75 Å². The molecule has 0 saturated heterocycles. The number of benzene rings is 1. The lowest BCUT2D eigenvalue weighted by atomic mass is 9.90. The summed E-state index contributed by atoms with van der Waals surface area (Å²) in [6.07, 6.45) is 0. The quantitative estimate of drug-likeness (QED) is 0.683. The fourth-order valence-electron chi connectivity index (χ4n) is 1.83. The Hall–Kier alpha value is -1.02. The second-order valence-corrected chi connectivity index (χ2v) is 4.29. The van der Waals surface area contributed by atoms with Gasteiger partial charge in [0, 0.05) is 17.5 Å². The van der Waals surface area contributed by atoms with Gasteiger partial charge in [-0.2, -0.15) is 0 Å². The molecule has 1 aromatic carbocycles. The van der Waals surface area contributed by atoms with Gasteiger partial charge in [0.2, 0.25) is 0 Å². The van der Waals surface area contributed by atoms with E-state index in [1.54, 1.807) is 0 Å². The van der Waals surface area contributed by atoms with E-state index in [4.69, 9.17) is 10.5 Å². The van der Waals surface area contributed by atoms with Crippen molar-refractivity contribution in [3.05, 3.63) is 28.8 Å². The van der Waals surface area contributed by atoms with Crippen molar-refractivity contribution < 1.29 is 4.74 Å². The normalized spacial score (nSPS) is 25.4. The van der Waals surface area contributed by atoms with Crippen LogP contribution in [0, 0.1) is 19.8 Å². The molecule has 2 unspecified atom stereocenters. The Balaban J connectivity index is 2.50. The van der Waals surface area contributed by atoms with Crippen LogP contribution in [0.15, 0.2) is 12.1 Å². The predicted molar refractivity (Wildman–Crippen MR) is 57.5 cm³/mol. The number of ether oxygens (including phenoxy) is 1. The minimum absolute atomic E-state index is 0.123. The Morgan fingerprint density at radius 1 is 1.29 bits per heavy atom. The smallest absolute Gasteiger partial charge is 0.124 e. The third kappa shape index (κ3) is 1.40. The Kier molecular flexibility index (Phi) is 2.23. The Labute approximate surface area is 85.1 Å². The van der Waals surface area contributed by atoms with E-state index < -0.39 is 0 Å². The van der Waals surface area contributed by atoms with Crippen molar-refractivity contribution in [1.82, 2.24) is 0 Å². The molecule has 1 aliphatic heterocycles. The van der Waals surface area contributed by atoms with Gasteiger partial charge in [-0.15, -0.1) is 0 Å². The maximum Gasteiger partial charge on any atom is 0.124 e. The van der Waals surface area contributed by atoms with Crippen LogP contribution in [0.2, 0.25) is 0 Å². The van der Waals surface area contributed by atoms with Gasteiger partial charge >= 0.3 is 0 Å². The molecule has 2 nitrogen and oxygen atoms in total. The summed E-state index contributed by atoms with van der Waals surface area (Å²) in [5.74, 6) is 1.38. The number of hydrogen-bond donors (Lipinski definition) is 1. The highest BCUT2D eigenvalue weighted by molar-refractivity contribution is 5.44. The summed E-state index contributed by atoms with van der Waals surface area (Å²) in [7, 11) is 0. The molecule has 1 aromatic rings. The van der Waals surface area contributed by atoms with Gasteiger partial charge in [-0.1, -0.05) is 13.0 Å². The largest absolute Gasteiger partial charge is 0.493 e. The molecule has 0 amide bonds. The van der Waals surface area contributed by atoms with E-state index in [2.05, 4.69) is 32.9 Å². The van der Waals surface area contributed by atoms with Crippen molar-refractivity contribution in [2.45, 2.75) is 26.8 Å². The van der Waals surface area contributed by atoms with E-state index >= 15 is 0 Å². The second-order valence-electron chi connectivity index (χ2n) is 4.29. The Morgan fingerprint density at radius 2 is 1.93 bits per heavy atom. The van der Waals surface area contributed by atoms with E-state index in [1.807, 2.05) is 0 Å². The summed E-state index contributed by atoms with van der Waals surface area (Å²) in [6.45, 7) is 7.07. The van der Waals surface area contributed by atoms with E-state index in [0.717, 1.165) is 17.9 Å². The first-order valence-electron chi connectivity index (χ1n) is 5.09. The van der Waals surface area contributed by atoms with Gasteiger partial charge in [-0.05, 0) is 31.0 Å². The molecule has 0 radical (unpaired) electrons. The van der Waals surface area contributed by atoms with Crippen molar-refractivity contribution >= 4 is 0 Å². The highest BCUT2D eigenvalue weighted by Crippen LogP contribution is 2.35. The minimum atomic E-state index is 0.123. The van der Waals surface area contributed by atoms with E-state index in [-0.39, 0.29) is 6.04 Å². The molecule has 2 N–H and O–H groups in total. The summed E-state index contributed by atoms with van der Waals surface area (Å²) in [5.41, 5.74) is 9.85. The molecule has 2 heteroatoms. The maximum atomic E-state index is 6.13. The predicted octanol–water partition coefficient (Wildman–Crippen LogP) is 2.33. The van der Waals surface area contributed by atoms with Gasteiger partial charge in [0.15, 0.2) is 0 Å². The lowest BCUT2D eigenvalue weighted by molar-refractivity contribution is 0.207. The standard InChI is InChI=1S/C12H17NO/c1-7-4-10-11(5-8(7)2)14-6-9(3)12(10)13/h4-5,9,12H,6,13H2,1-3H3. The summed E-state index contributed by atoms with van der Waals surface area (Å²) in [5, 5.41) is 0. The molecule has 0 fully saturated rings. The maximum absolute atomic E-state index is 6.13. The van der Waals surface area contributed by atoms with Crippen molar-refractivity contribution in [1.29, 1.82) is 0 Å². The zero-order chi connectivity index (χ0) is 10.3. The molecule has 0 saturated carbocycles. The van der Waals surface area contributed by atoms with Crippen LogP contribution in [0.3, 0.4) is 0 Å². The molecule has 76 valence electrons. The molecule has 0 aliphatic carbocycles. The monoisotopic (exact) mass is 191 g/mol. The first-order chi connectivity index (χ1) is 6.59. The van der Waals surface area contributed by atoms with Crippen LogP contribution in [-0.2, 0) is 0 Å². The first-order valence-corrected chi connectivity index (χ1v) is 5.09. The summed E-state index contributed by atoms with van der Waals surface area (Å²) < 4.78 is 5.66. The van der Waals surface area contributed by atoms with Gasteiger partial charge in [0.1, 0.15) is 5.75 Å². The zero-order valence-electron chi connectivity index (χ0n) is 9.00. The first kappa shape index (κ1) is 9.53. The molecule has 0 aromatic heterocycles. The molecule has 2 rings (SSSR count). The number of fused-ring (bicyclic) bond motifs is 1. The van der Waals surface area contributed by atoms with E-state index in [9.17, 15) is 0 Å². The average molecular weight is 191 g/mol. The fourth-order valence-corrected chi connectivity index (χ4v) is 1.83.